The number of unbranched alkanes of at least 4 members (excludes halogenated alkanes) is 4. The quantitative estimate of drug-likeness (QED) is 0.0857. The molecule has 8 bridgehead atoms. The molecule has 4 heteroatoms. The Morgan fingerprint density at radius 2 is 0.732 bits per heavy atom. The molecule has 0 unspecified atom stereocenters. The third-order valence-electron chi connectivity index (χ3n) is 12.5. The Hall–Kier alpha value is -4.96. The predicted octanol–water partition coefficient (Wildman–Crippen LogP) is 10.1. The van der Waals surface area contributed by atoms with Crippen molar-refractivity contribution in [3.05, 3.63) is 160 Å². The van der Waals surface area contributed by atoms with E-state index in [2.05, 4.69) is 148 Å². The van der Waals surface area contributed by atoms with E-state index in [1.807, 2.05) is 0 Å². The van der Waals surface area contributed by atoms with Crippen molar-refractivity contribution in [3.63, 3.8) is 0 Å². The molecule has 2 aromatic carbocycles. The molecule has 0 saturated heterocycles. The minimum absolute atomic E-state index is 1.04. The highest BCUT2D eigenvalue weighted by Gasteiger charge is 2.23. The van der Waals surface area contributed by atoms with Crippen molar-refractivity contribution in [2.75, 3.05) is 0 Å². The van der Waals surface area contributed by atoms with E-state index < -0.39 is 0 Å². The highest BCUT2D eigenvalue weighted by atomic mass is 14.8. The van der Waals surface area contributed by atoms with E-state index >= 15 is 0 Å². The summed E-state index contributed by atoms with van der Waals surface area (Å²) in [5.41, 5.74) is 21.0. The third kappa shape index (κ3) is 7.48. The van der Waals surface area contributed by atoms with E-state index in [9.17, 15) is 0 Å². The number of rotatable bonds is 14. The molecule has 6 aromatic rings. The summed E-state index contributed by atoms with van der Waals surface area (Å²) >= 11 is 0. The normalized spacial score (nSPS) is 12.6. The van der Waals surface area contributed by atoms with Gasteiger partial charge in [-0.1, -0.05) is 114 Å². The second-order valence-electron chi connectivity index (χ2n) is 16.3. The number of hydrogen-bond donors (Lipinski definition) is 4. The number of fused-ring (bicyclic) bond motifs is 8. The second kappa shape index (κ2) is 17.5. The summed E-state index contributed by atoms with van der Waals surface area (Å²) in [5, 5.41) is 4.88. The average molecular weight is 745 g/mol. The molecule has 4 nitrogen and oxygen atoms in total. The molecule has 5 heterocycles. The van der Waals surface area contributed by atoms with Crippen LogP contribution in [0.1, 0.15) is 157 Å². The number of H-pyrrole nitrogens is 4. The summed E-state index contributed by atoms with van der Waals surface area (Å²) in [6.07, 6.45) is 18.3. The monoisotopic (exact) mass is 745 g/mol. The van der Waals surface area contributed by atoms with Crippen LogP contribution < -0.4 is 21.4 Å². The van der Waals surface area contributed by atoms with Crippen molar-refractivity contribution >= 4 is 23.3 Å². The molecule has 4 aromatic heterocycles. The molecule has 0 saturated carbocycles. The van der Waals surface area contributed by atoms with Crippen molar-refractivity contribution in [1.82, 2.24) is 19.9 Å². The molecule has 0 spiro atoms. The molecule has 0 fully saturated rings. The van der Waals surface area contributed by atoms with Gasteiger partial charge in [0.2, 0.25) is 0 Å². The maximum atomic E-state index is 4.11. The van der Waals surface area contributed by atoms with Gasteiger partial charge in [0, 0.05) is 33.2 Å². The molecule has 0 aliphatic carbocycles. The Labute approximate surface area is 335 Å². The minimum Gasteiger partial charge on any atom is -0.354 e. The van der Waals surface area contributed by atoms with Gasteiger partial charge in [-0.15, -0.1) is 0 Å². The van der Waals surface area contributed by atoms with Gasteiger partial charge in [0.25, 0.3) is 0 Å². The predicted molar refractivity (Wildman–Crippen MR) is 238 cm³/mol. The van der Waals surface area contributed by atoms with Crippen LogP contribution in [0, 0.1) is 27.7 Å². The summed E-state index contributed by atoms with van der Waals surface area (Å²) in [4.78, 5) is 16.4. The lowest BCUT2D eigenvalue weighted by Gasteiger charge is -2.09. The highest BCUT2D eigenvalue weighted by molar-refractivity contribution is 5.83. The molecule has 4 N–H and O–H groups in total. The van der Waals surface area contributed by atoms with Crippen LogP contribution in [0.4, 0.5) is 0 Å². The summed E-state index contributed by atoms with van der Waals surface area (Å²) in [6, 6.07) is 22.1. The summed E-state index contributed by atoms with van der Waals surface area (Å²) < 4.78 is 0. The standard InChI is InChI=1S/C52H64N4/c1-9-13-27-39-33(5)49-47(37-23-19-17-20-24-37)50-35(7)41(29-15-11-3)45(55-50)32-46-42(30-16-12-4)36(8)52(56-46)48(38-25-21-18-22-26-38)51-34(6)40(28-14-10-2)44(54-51)31-43(39)53-49/h17-26,31-32,53-56H,9-16,27-30H2,1-8H3. The van der Waals surface area contributed by atoms with Gasteiger partial charge in [-0.25, -0.2) is 0 Å². The van der Waals surface area contributed by atoms with E-state index in [0.717, 1.165) is 77.0 Å². The summed E-state index contributed by atoms with van der Waals surface area (Å²) in [5.74, 6) is 0. The lowest BCUT2D eigenvalue weighted by molar-refractivity contribution is 0.788. The minimum atomic E-state index is 1.04. The van der Waals surface area contributed by atoms with E-state index in [1.54, 1.807) is 0 Å². The molecular formula is C52H64N4. The zero-order valence-electron chi connectivity index (χ0n) is 35.4. The first-order chi connectivity index (χ1) is 27.3. The average Bonchev–Trinajstić information content (AvgIpc) is 3.89. The van der Waals surface area contributed by atoms with Gasteiger partial charge in [0.05, 0.1) is 22.1 Å². The first-order valence-corrected chi connectivity index (χ1v) is 21.7. The number of aromatic amines is 4. The van der Waals surface area contributed by atoms with Crippen molar-refractivity contribution in [1.29, 1.82) is 0 Å². The van der Waals surface area contributed by atoms with Gasteiger partial charge < -0.3 is 19.9 Å². The van der Waals surface area contributed by atoms with Crippen molar-refractivity contribution in [2.24, 2.45) is 0 Å². The lowest BCUT2D eigenvalue weighted by atomic mass is 9.94. The maximum Gasteiger partial charge on any atom is 0.0518 e. The van der Waals surface area contributed by atoms with Crippen LogP contribution in [0.5, 0.6) is 0 Å². The van der Waals surface area contributed by atoms with Crippen LogP contribution in [0.15, 0.2) is 60.7 Å². The summed E-state index contributed by atoms with van der Waals surface area (Å²) in [7, 11) is 0. The topological polar surface area (TPSA) is 63.2 Å². The third-order valence-corrected chi connectivity index (χ3v) is 12.5. The lowest BCUT2D eigenvalue weighted by Crippen LogP contribution is -2.18. The number of aromatic nitrogens is 4. The van der Waals surface area contributed by atoms with Crippen molar-refractivity contribution in [2.45, 2.75) is 132 Å². The van der Waals surface area contributed by atoms with E-state index in [4.69, 9.17) is 0 Å². The van der Waals surface area contributed by atoms with E-state index in [0.29, 0.717) is 0 Å². The van der Waals surface area contributed by atoms with Gasteiger partial charge in [-0.05, 0) is 147 Å². The molecule has 0 radical (unpaired) electrons. The Bertz CT molecular complexity index is 2370. The molecular weight excluding hydrogens is 681 g/mol. The molecule has 56 heavy (non-hydrogen) atoms. The fourth-order valence-electron chi connectivity index (χ4n) is 9.15. The van der Waals surface area contributed by atoms with Crippen LogP contribution in [-0.2, 0) is 25.7 Å². The molecule has 1 aliphatic rings. The second-order valence-corrected chi connectivity index (χ2v) is 16.3. The van der Waals surface area contributed by atoms with Gasteiger partial charge in [-0.2, -0.15) is 0 Å². The van der Waals surface area contributed by atoms with Crippen LogP contribution in [0.2, 0.25) is 0 Å². The van der Waals surface area contributed by atoms with Gasteiger partial charge in [0.1, 0.15) is 0 Å². The molecule has 0 atom stereocenters. The fourth-order valence-corrected chi connectivity index (χ4v) is 9.15. The number of nitrogens with one attached hydrogen (secondary N) is 4. The Balaban J connectivity index is 1.72. The summed E-state index contributed by atoms with van der Waals surface area (Å²) in [6.45, 7) is 18.6. The Morgan fingerprint density at radius 1 is 0.393 bits per heavy atom. The van der Waals surface area contributed by atoms with Crippen LogP contribution >= 0.6 is 0 Å². The zero-order chi connectivity index (χ0) is 39.3. The van der Waals surface area contributed by atoms with Crippen molar-refractivity contribution in [3.8, 4) is 0 Å². The fraction of sp³-hybridized carbons (Fsp3) is 0.385. The van der Waals surface area contributed by atoms with Crippen LogP contribution in [0.3, 0.4) is 0 Å². The Kier molecular flexibility index (Phi) is 12.2. The molecule has 1 aliphatic heterocycles. The first kappa shape index (κ1) is 39.3. The molecule has 0 amide bonds. The van der Waals surface area contributed by atoms with Gasteiger partial charge >= 0.3 is 0 Å². The first-order valence-electron chi connectivity index (χ1n) is 21.7. The van der Waals surface area contributed by atoms with E-state index in [-0.39, 0.29) is 0 Å². The van der Waals surface area contributed by atoms with Crippen LogP contribution in [0.25, 0.3) is 23.3 Å². The largest absolute Gasteiger partial charge is 0.354 e. The smallest absolute Gasteiger partial charge is 0.0518 e. The maximum absolute atomic E-state index is 4.11. The molecule has 7 rings (SSSR count). The zero-order valence-corrected chi connectivity index (χ0v) is 35.4. The van der Waals surface area contributed by atoms with Gasteiger partial charge in [0.15, 0.2) is 0 Å². The van der Waals surface area contributed by atoms with Gasteiger partial charge in [-0.3, -0.25) is 0 Å². The van der Waals surface area contributed by atoms with Crippen molar-refractivity contribution < 1.29 is 0 Å². The molecule has 292 valence electrons. The van der Waals surface area contributed by atoms with Crippen LogP contribution in [-0.4, -0.2) is 19.9 Å². The Morgan fingerprint density at radius 3 is 1.07 bits per heavy atom. The van der Waals surface area contributed by atoms with E-state index in [1.165, 1.54) is 111 Å². The highest BCUT2D eigenvalue weighted by Crippen LogP contribution is 2.32. The number of benzene rings is 2. The SMILES string of the molecule is CCCCc1c2[nH]c(c1C)C(c1ccccc1)=c1[nH]c(c(CCCC)c1C)=Cc1[nH]c(c(C)c1CCCC)C(c1ccccc1)=c1[nH]c(c(CCCC)c1C)=C2. The number of hydrogen-bond acceptors (Lipinski definition) is 0.